The van der Waals surface area contributed by atoms with Crippen molar-refractivity contribution in [1.29, 1.82) is 0 Å². The van der Waals surface area contributed by atoms with Gasteiger partial charge in [-0.2, -0.15) is 0 Å². The van der Waals surface area contributed by atoms with Crippen molar-refractivity contribution < 1.29 is 5.11 Å². The summed E-state index contributed by atoms with van der Waals surface area (Å²) in [6.07, 6.45) is 2.20. The molecular formula is C11H10Cl2N2O2. The smallest absolute Gasteiger partial charge is 0.262 e. The highest BCUT2D eigenvalue weighted by atomic mass is 35.5. The first kappa shape index (κ1) is 12.2. The van der Waals surface area contributed by atoms with Crippen LogP contribution in [0.3, 0.4) is 0 Å². The van der Waals surface area contributed by atoms with Gasteiger partial charge < -0.3 is 5.11 Å². The highest BCUT2D eigenvalue weighted by molar-refractivity contribution is 6.39. The first-order valence-electron chi connectivity index (χ1n) is 5.12. The highest BCUT2D eigenvalue weighted by Gasteiger charge is 2.14. The zero-order chi connectivity index (χ0) is 12.6. The molecule has 1 N–H and O–H groups in total. The molecule has 2 rings (SSSR count). The summed E-state index contributed by atoms with van der Waals surface area (Å²) in [5.41, 5.74) is -0.131. The van der Waals surface area contributed by atoms with Gasteiger partial charge in [0.25, 0.3) is 5.56 Å². The Kier molecular flexibility index (Phi) is 3.26. The van der Waals surface area contributed by atoms with E-state index in [4.69, 9.17) is 23.2 Å². The fourth-order valence-corrected chi connectivity index (χ4v) is 2.18. The quantitative estimate of drug-likeness (QED) is 0.915. The van der Waals surface area contributed by atoms with Crippen LogP contribution in [0.25, 0.3) is 10.9 Å². The normalized spacial score (nSPS) is 11.0. The first-order chi connectivity index (χ1) is 8.06. The number of aryl methyl sites for hydroxylation is 1. The van der Waals surface area contributed by atoms with Crippen LogP contribution in [0.1, 0.15) is 13.3 Å². The molecule has 2 aromatic rings. The Labute approximate surface area is 107 Å². The molecule has 17 heavy (non-hydrogen) atoms. The van der Waals surface area contributed by atoms with Crippen molar-refractivity contribution in [1.82, 2.24) is 9.55 Å². The monoisotopic (exact) mass is 272 g/mol. The summed E-state index contributed by atoms with van der Waals surface area (Å²) in [4.78, 5) is 16.1. The fraction of sp³-hybridized carbons (Fsp3) is 0.273. The molecule has 90 valence electrons. The minimum absolute atomic E-state index is 0.0858. The Morgan fingerprint density at radius 1 is 1.41 bits per heavy atom. The van der Waals surface area contributed by atoms with Crippen LogP contribution in [0.15, 0.2) is 17.2 Å². The van der Waals surface area contributed by atoms with E-state index in [0.717, 1.165) is 6.42 Å². The third-order valence-electron chi connectivity index (χ3n) is 2.45. The first-order valence-corrected chi connectivity index (χ1v) is 5.88. The summed E-state index contributed by atoms with van der Waals surface area (Å²) in [7, 11) is 0. The average Bonchev–Trinajstić information content (AvgIpc) is 2.29. The van der Waals surface area contributed by atoms with E-state index in [1.165, 1.54) is 17.0 Å². The number of aromatic nitrogens is 2. The van der Waals surface area contributed by atoms with Gasteiger partial charge in [0, 0.05) is 6.54 Å². The number of nitrogens with zero attached hydrogens (tertiary/aromatic N) is 2. The molecule has 0 fully saturated rings. The lowest BCUT2D eigenvalue weighted by Gasteiger charge is -2.08. The standard InChI is InChI=1S/C11H10Cl2N2O2/c1-2-3-15-5-14-9-8(11(15)17)6(12)4-7(13)10(9)16/h4-5,16H,2-3H2,1H3. The topological polar surface area (TPSA) is 55.1 Å². The summed E-state index contributed by atoms with van der Waals surface area (Å²) < 4.78 is 1.46. The largest absolute Gasteiger partial charge is 0.504 e. The molecule has 4 nitrogen and oxygen atoms in total. The van der Waals surface area contributed by atoms with Gasteiger partial charge in [-0.25, -0.2) is 4.98 Å². The average molecular weight is 273 g/mol. The van der Waals surface area contributed by atoms with Gasteiger partial charge in [-0.3, -0.25) is 9.36 Å². The van der Waals surface area contributed by atoms with Gasteiger partial charge in [0.2, 0.25) is 0 Å². The van der Waals surface area contributed by atoms with E-state index < -0.39 is 0 Å². The van der Waals surface area contributed by atoms with Crippen LogP contribution in [0, 0.1) is 0 Å². The summed E-state index contributed by atoms with van der Waals surface area (Å²) in [5, 5.41) is 10.2. The van der Waals surface area contributed by atoms with Crippen molar-refractivity contribution >= 4 is 34.1 Å². The van der Waals surface area contributed by atoms with Crippen LogP contribution in [-0.2, 0) is 6.54 Å². The SMILES string of the molecule is CCCn1cnc2c(O)c(Cl)cc(Cl)c2c1=O. The summed E-state index contributed by atoms with van der Waals surface area (Å²) in [6.45, 7) is 2.51. The number of aromatic hydroxyl groups is 1. The Bertz CT molecular complexity index is 637. The van der Waals surface area contributed by atoms with Crippen molar-refractivity contribution in [3.8, 4) is 5.75 Å². The maximum Gasteiger partial charge on any atom is 0.262 e. The fourth-order valence-electron chi connectivity index (χ4n) is 1.65. The van der Waals surface area contributed by atoms with Gasteiger partial charge in [0.15, 0.2) is 5.75 Å². The zero-order valence-corrected chi connectivity index (χ0v) is 10.6. The number of phenolic OH excluding ortho intramolecular Hbond substituents is 1. The molecule has 1 heterocycles. The minimum Gasteiger partial charge on any atom is -0.504 e. The van der Waals surface area contributed by atoms with Crippen molar-refractivity contribution in [2.24, 2.45) is 0 Å². The van der Waals surface area contributed by atoms with E-state index >= 15 is 0 Å². The molecule has 0 aliphatic carbocycles. The Balaban J connectivity index is 2.87. The summed E-state index contributed by atoms with van der Waals surface area (Å²) in [6, 6.07) is 1.35. The number of halogens is 2. The van der Waals surface area contributed by atoms with E-state index in [2.05, 4.69) is 4.98 Å². The maximum atomic E-state index is 12.1. The molecule has 0 unspecified atom stereocenters. The Morgan fingerprint density at radius 3 is 2.76 bits per heavy atom. The second kappa shape index (κ2) is 4.55. The van der Waals surface area contributed by atoms with Gasteiger partial charge in [-0.15, -0.1) is 0 Å². The van der Waals surface area contributed by atoms with E-state index in [1.807, 2.05) is 6.92 Å². The molecule has 0 atom stereocenters. The number of fused-ring (bicyclic) bond motifs is 1. The third-order valence-corrected chi connectivity index (χ3v) is 3.03. The van der Waals surface area contributed by atoms with Gasteiger partial charge in [0.1, 0.15) is 5.52 Å². The van der Waals surface area contributed by atoms with Crippen LogP contribution in [-0.4, -0.2) is 14.7 Å². The molecule has 0 spiro atoms. The molecule has 6 heteroatoms. The second-order valence-electron chi connectivity index (χ2n) is 3.66. The third kappa shape index (κ3) is 1.98. The van der Waals surface area contributed by atoms with Gasteiger partial charge in [0.05, 0.1) is 21.8 Å². The van der Waals surface area contributed by atoms with Crippen LogP contribution in [0.2, 0.25) is 10.0 Å². The lowest BCUT2D eigenvalue weighted by Crippen LogP contribution is -2.20. The molecule has 0 saturated carbocycles. The van der Waals surface area contributed by atoms with Crippen molar-refractivity contribution in [3.05, 3.63) is 32.8 Å². The van der Waals surface area contributed by atoms with Crippen LogP contribution in [0.4, 0.5) is 0 Å². The van der Waals surface area contributed by atoms with Crippen LogP contribution < -0.4 is 5.56 Å². The number of benzene rings is 1. The van der Waals surface area contributed by atoms with Gasteiger partial charge in [-0.05, 0) is 12.5 Å². The molecule has 1 aromatic carbocycles. The molecule has 0 aliphatic heterocycles. The van der Waals surface area contributed by atoms with Crippen molar-refractivity contribution in [2.75, 3.05) is 0 Å². The van der Waals surface area contributed by atoms with Crippen LogP contribution >= 0.6 is 23.2 Å². The molecular weight excluding hydrogens is 263 g/mol. The number of rotatable bonds is 2. The predicted octanol–water partition coefficient (Wildman–Crippen LogP) is 2.82. The summed E-state index contributed by atoms with van der Waals surface area (Å²) in [5.74, 6) is -0.216. The second-order valence-corrected chi connectivity index (χ2v) is 4.47. The van der Waals surface area contributed by atoms with Crippen molar-refractivity contribution in [3.63, 3.8) is 0 Å². The Hall–Kier alpha value is -1.26. The lowest BCUT2D eigenvalue weighted by atomic mass is 10.2. The van der Waals surface area contributed by atoms with E-state index in [0.29, 0.717) is 6.54 Å². The molecule has 1 aromatic heterocycles. The minimum atomic E-state index is -0.270. The lowest BCUT2D eigenvalue weighted by molar-refractivity contribution is 0.480. The molecule has 0 aliphatic rings. The number of hydrogen-bond acceptors (Lipinski definition) is 3. The van der Waals surface area contributed by atoms with Gasteiger partial charge >= 0.3 is 0 Å². The van der Waals surface area contributed by atoms with E-state index in [-0.39, 0.29) is 32.3 Å². The van der Waals surface area contributed by atoms with Gasteiger partial charge in [-0.1, -0.05) is 30.1 Å². The summed E-state index contributed by atoms with van der Waals surface area (Å²) >= 11 is 11.7. The molecule has 0 saturated heterocycles. The van der Waals surface area contributed by atoms with E-state index in [1.54, 1.807) is 0 Å². The highest BCUT2D eigenvalue weighted by Crippen LogP contribution is 2.34. The van der Waals surface area contributed by atoms with Crippen molar-refractivity contribution in [2.45, 2.75) is 19.9 Å². The van der Waals surface area contributed by atoms with Crippen LogP contribution in [0.5, 0.6) is 5.75 Å². The maximum absolute atomic E-state index is 12.1. The number of hydrogen-bond donors (Lipinski definition) is 1. The predicted molar refractivity (Wildman–Crippen MR) is 68.0 cm³/mol. The van der Waals surface area contributed by atoms with E-state index in [9.17, 15) is 9.90 Å². The Morgan fingerprint density at radius 2 is 2.12 bits per heavy atom. The molecule has 0 bridgehead atoms. The number of phenols is 1. The molecule has 0 radical (unpaired) electrons. The zero-order valence-electron chi connectivity index (χ0n) is 9.07. The molecule has 0 amide bonds.